The van der Waals surface area contributed by atoms with Crippen LogP contribution in [0.25, 0.3) is 0 Å². The van der Waals surface area contributed by atoms with E-state index in [-0.39, 0.29) is 16.5 Å². The second-order valence-corrected chi connectivity index (χ2v) is 6.21. The first kappa shape index (κ1) is 14.6. The van der Waals surface area contributed by atoms with Crippen molar-refractivity contribution in [1.82, 2.24) is 0 Å². The van der Waals surface area contributed by atoms with E-state index in [0.717, 1.165) is 9.75 Å². The summed E-state index contributed by atoms with van der Waals surface area (Å²) in [5, 5.41) is 11.9. The number of aromatic carboxylic acids is 1. The molecule has 0 unspecified atom stereocenters. The number of hydrogen-bond acceptors (Lipinski definition) is 3. The number of carbonyl (C=O) groups excluding carboxylic acids is 1. The Morgan fingerprint density at radius 3 is 2.45 bits per heavy atom. The maximum Gasteiger partial charge on any atom is 0.335 e. The van der Waals surface area contributed by atoms with Crippen LogP contribution in [0.3, 0.4) is 0 Å². The van der Waals surface area contributed by atoms with Crippen LogP contribution in [0.1, 0.15) is 30.5 Å². The molecule has 0 fully saturated rings. The Bertz CT molecular complexity index is 694. The summed E-state index contributed by atoms with van der Waals surface area (Å²) >= 11 is 7.38. The summed E-state index contributed by atoms with van der Waals surface area (Å²) < 4.78 is 0. The molecule has 1 heterocycles. The van der Waals surface area contributed by atoms with Crippen LogP contribution in [0.2, 0.25) is 5.02 Å². The monoisotopic (exact) mass is 309 g/mol. The highest BCUT2D eigenvalue weighted by molar-refractivity contribution is 7.12. The molecule has 1 aromatic carbocycles. The van der Waals surface area contributed by atoms with Crippen molar-refractivity contribution in [3.05, 3.63) is 50.2 Å². The number of carbonyl (C=O) groups is 2. The van der Waals surface area contributed by atoms with Crippen molar-refractivity contribution in [1.29, 1.82) is 0 Å². The minimum absolute atomic E-state index is 0.0334. The number of anilines is 1. The molecule has 20 heavy (non-hydrogen) atoms. The van der Waals surface area contributed by atoms with E-state index in [4.69, 9.17) is 16.7 Å². The van der Waals surface area contributed by atoms with E-state index in [9.17, 15) is 9.59 Å². The number of thiophene rings is 1. The minimum atomic E-state index is -1.09. The van der Waals surface area contributed by atoms with Crippen molar-refractivity contribution in [2.45, 2.75) is 13.8 Å². The number of carboxylic acids is 1. The number of carboxylic acid groups (broad SMARTS) is 1. The molecule has 6 heteroatoms. The molecule has 0 spiro atoms. The van der Waals surface area contributed by atoms with E-state index in [1.165, 1.54) is 29.5 Å². The van der Waals surface area contributed by atoms with Gasteiger partial charge >= 0.3 is 5.97 Å². The fraction of sp³-hybridized carbons (Fsp3) is 0.143. The zero-order valence-corrected chi connectivity index (χ0v) is 12.4. The molecule has 0 bridgehead atoms. The number of nitrogens with one attached hydrogen (secondary N) is 1. The molecule has 0 saturated carbocycles. The van der Waals surface area contributed by atoms with Gasteiger partial charge in [0.2, 0.25) is 0 Å². The molecule has 2 aromatic rings. The molecule has 0 saturated heterocycles. The fourth-order valence-corrected chi connectivity index (χ4v) is 3.00. The molecule has 2 rings (SSSR count). The molecule has 4 nitrogen and oxygen atoms in total. The van der Waals surface area contributed by atoms with Gasteiger partial charge in [-0.3, -0.25) is 4.79 Å². The summed E-state index contributed by atoms with van der Waals surface area (Å²) in [6.45, 7) is 3.80. The Kier molecular flexibility index (Phi) is 4.11. The SMILES string of the molecule is Cc1cc(C(=O)Nc2cc(Cl)cc(C(=O)O)c2)c(C)s1. The van der Waals surface area contributed by atoms with E-state index < -0.39 is 5.97 Å². The lowest BCUT2D eigenvalue weighted by Gasteiger charge is -2.06. The summed E-state index contributed by atoms with van der Waals surface area (Å²) in [6, 6.07) is 6.03. The first-order valence-electron chi connectivity index (χ1n) is 5.79. The molecule has 0 aliphatic heterocycles. The topological polar surface area (TPSA) is 66.4 Å². The number of aryl methyl sites for hydroxylation is 2. The Labute approximate surface area is 125 Å². The number of halogens is 1. The summed E-state index contributed by atoms with van der Waals surface area (Å²) in [6.07, 6.45) is 0. The van der Waals surface area contributed by atoms with Crippen LogP contribution in [0.4, 0.5) is 5.69 Å². The first-order chi connectivity index (χ1) is 9.36. The highest BCUT2D eigenvalue weighted by Crippen LogP contribution is 2.23. The van der Waals surface area contributed by atoms with Gasteiger partial charge in [0, 0.05) is 20.5 Å². The van der Waals surface area contributed by atoms with Crippen molar-refractivity contribution in [2.24, 2.45) is 0 Å². The molecule has 2 N–H and O–H groups in total. The van der Waals surface area contributed by atoms with Crippen LogP contribution < -0.4 is 5.32 Å². The first-order valence-corrected chi connectivity index (χ1v) is 6.98. The molecule has 0 aliphatic rings. The van der Waals surface area contributed by atoms with Gasteiger partial charge < -0.3 is 10.4 Å². The lowest BCUT2D eigenvalue weighted by atomic mass is 10.2. The van der Waals surface area contributed by atoms with E-state index >= 15 is 0 Å². The summed E-state index contributed by atoms with van der Waals surface area (Å²) in [4.78, 5) is 25.1. The van der Waals surface area contributed by atoms with Gasteiger partial charge in [-0.1, -0.05) is 11.6 Å². The third-order valence-corrected chi connectivity index (χ3v) is 3.87. The number of benzene rings is 1. The summed E-state index contributed by atoms with van der Waals surface area (Å²) in [5.41, 5.74) is 0.985. The van der Waals surface area contributed by atoms with Gasteiger partial charge in [-0.25, -0.2) is 4.79 Å². The number of rotatable bonds is 3. The molecular formula is C14H12ClNO3S. The Balaban J connectivity index is 2.28. The third kappa shape index (κ3) is 3.18. The molecule has 0 aliphatic carbocycles. The van der Waals surface area contributed by atoms with E-state index in [1.54, 1.807) is 6.07 Å². The van der Waals surface area contributed by atoms with Gasteiger partial charge in [0.1, 0.15) is 0 Å². The van der Waals surface area contributed by atoms with Crippen LogP contribution in [0.15, 0.2) is 24.3 Å². The van der Waals surface area contributed by atoms with E-state index in [0.29, 0.717) is 11.3 Å². The third-order valence-electron chi connectivity index (χ3n) is 2.69. The summed E-state index contributed by atoms with van der Waals surface area (Å²) in [7, 11) is 0. The quantitative estimate of drug-likeness (QED) is 0.901. The molecule has 104 valence electrons. The van der Waals surface area contributed by atoms with Gasteiger partial charge in [-0.15, -0.1) is 11.3 Å². The van der Waals surface area contributed by atoms with Crippen LogP contribution >= 0.6 is 22.9 Å². The molecule has 0 atom stereocenters. The van der Waals surface area contributed by atoms with Crippen LogP contribution in [0.5, 0.6) is 0 Å². The lowest BCUT2D eigenvalue weighted by molar-refractivity contribution is 0.0696. The Hall–Kier alpha value is -1.85. The van der Waals surface area contributed by atoms with Crippen molar-refractivity contribution in [3.63, 3.8) is 0 Å². The van der Waals surface area contributed by atoms with Crippen molar-refractivity contribution < 1.29 is 14.7 Å². The average molecular weight is 310 g/mol. The number of amides is 1. The van der Waals surface area contributed by atoms with Gasteiger partial charge in [-0.05, 0) is 38.1 Å². The van der Waals surface area contributed by atoms with Crippen molar-refractivity contribution in [3.8, 4) is 0 Å². The van der Waals surface area contributed by atoms with Crippen LogP contribution in [-0.4, -0.2) is 17.0 Å². The number of hydrogen-bond donors (Lipinski definition) is 2. The largest absolute Gasteiger partial charge is 0.478 e. The fourth-order valence-electron chi connectivity index (χ4n) is 1.84. The van der Waals surface area contributed by atoms with Gasteiger partial charge in [0.15, 0.2) is 0 Å². The Morgan fingerprint density at radius 2 is 1.90 bits per heavy atom. The molecule has 1 aromatic heterocycles. The highest BCUT2D eigenvalue weighted by Gasteiger charge is 2.13. The summed E-state index contributed by atoms with van der Waals surface area (Å²) in [5.74, 6) is -1.36. The zero-order chi connectivity index (χ0) is 14.9. The molecule has 0 radical (unpaired) electrons. The second kappa shape index (κ2) is 5.64. The standard InChI is InChI=1S/C14H12ClNO3S/c1-7-3-12(8(2)20-7)13(17)16-11-5-9(14(18)19)4-10(15)6-11/h3-6H,1-2H3,(H,16,17)(H,18,19). The predicted octanol–water partition coefficient (Wildman–Crippen LogP) is 3.97. The molecule has 1 amide bonds. The maximum atomic E-state index is 12.1. The van der Waals surface area contributed by atoms with Crippen LogP contribution in [-0.2, 0) is 0 Å². The van der Waals surface area contributed by atoms with Gasteiger partial charge in [-0.2, -0.15) is 0 Å². The van der Waals surface area contributed by atoms with Gasteiger partial charge in [0.25, 0.3) is 5.91 Å². The van der Waals surface area contributed by atoms with E-state index in [1.807, 2.05) is 13.8 Å². The second-order valence-electron chi connectivity index (χ2n) is 4.31. The average Bonchev–Trinajstić information content (AvgIpc) is 2.67. The van der Waals surface area contributed by atoms with Crippen LogP contribution in [0, 0.1) is 13.8 Å². The van der Waals surface area contributed by atoms with Crippen molar-refractivity contribution >= 4 is 40.5 Å². The normalized spacial score (nSPS) is 10.3. The van der Waals surface area contributed by atoms with E-state index in [2.05, 4.69) is 5.32 Å². The lowest BCUT2D eigenvalue weighted by Crippen LogP contribution is -2.12. The minimum Gasteiger partial charge on any atom is -0.478 e. The van der Waals surface area contributed by atoms with Gasteiger partial charge in [0.05, 0.1) is 11.1 Å². The molecular weight excluding hydrogens is 298 g/mol. The highest BCUT2D eigenvalue weighted by atomic mass is 35.5. The zero-order valence-electron chi connectivity index (χ0n) is 10.9. The predicted molar refractivity (Wildman–Crippen MR) is 80.2 cm³/mol. The Morgan fingerprint density at radius 1 is 1.20 bits per heavy atom. The van der Waals surface area contributed by atoms with Crippen molar-refractivity contribution in [2.75, 3.05) is 5.32 Å². The maximum absolute atomic E-state index is 12.1. The smallest absolute Gasteiger partial charge is 0.335 e.